The van der Waals surface area contributed by atoms with Crippen LogP contribution in [0.3, 0.4) is 0 Å². The molecule has 1 amide bonds. The van der Waals surface area contributed by atoms with E-state index in [9.17, 15) is 9.18 Å². The maximum absolute atomic E-state index is 13.8. The molecule has 0 bridgehead atoms. The third-order valence-electron chi connectivity index (χ3n) is 6.35. The fraction of sp³-hybridized carbons (Fsp3) is 0.538. The number of nitrogens with zero attached hydrogens (tertiary/aromatic N) is 3. The number of carbonyl (C=O) groups is 1. The van der Waals surface area contributed by atoms with Crippen LogP contribution in [0.2, 0.25) is 0 Å². The first-order valence-corrected chi connectivity index (χ1v) is 11.8. The van der Waals surface area contributed by atoms with Gasteiger partial charge in [0.15, 0.2) is 0 Å². The molecule has 2 fully saturated rings. The number of piperidine rings is 1. The molecule has 32 heavy (non-hydrogen) atoms. The van der Waals surface area contributed by atoms with Crippen molar-refractivity contribution in [2.45, 2.75) is 45.2 Å². The van der Waals surface area contributed by atoms with Gasteiger partial charge >= 0.3 is 0 Å². The van der Waals surface area contributed by atoms with E-state index in [1.807, 2.05) is 41.3 Å². The molecule has 0 saturated carbocycles. The molecule has 2 aliphatic heterocycles. The number of carbonyl (C=O) groups excluding carboxylic acids is 1. The molecule has 0 N–H and O–H groups in total. The largest absolute Gasteiger partial charge is 0.492 e. The van der Waals surface area contributed by atoms with Crippen LogP contribution in [0.5, 0.6) is 5.75 Å². The lowest BCUT2D eigenvalue weighted by atomic mass is 9.97. The molecule has 0 atom stereocenters. The van der Waals surface area contributed by atoms with E-state index >= 15 is 0 Å². The molecule has 0 aliphatic carbocycles. The number of rotatable bonds is 7. The van der Waals surface area contributed by atoms with Crippen molar-refractivity contribution in [3.63, 3.8) is 0 Å². The third kappa shape index (κ3) is 6.06. The lowest BCUT2D eigenvalue weighted by Gasteiger charge is -2.34. The van der Waals surface area contributed by atoms with Crippen LogP contribution in [0.4, 0.5) is 4.39 Å². The average Bonchev–Trinajstić information content (AvgIpc) is 3.33. The number of hydrogen-bond acceptors (Lipinski definition) is 4. The maximum atomic E-state index is 13.8. The zero-order valence-corrected chi connectivity index (χ0v) is 19.2. The number of alkyl halides is 1. The second kappa shape index (κ2) is 9.99. The fourth-order valence-corrected chi connectivity index (χ4v) is 4.58. The Balaban J connectivity index is 1.26. The highest BCUT2D eigenvalue weighted by molar-refractivity contribution is 5.94. The lowest BCUT2D eigenvalue weighted by molar-refractivity contribution is 0.0792. The summed E-state index contributed by atoms with van der Waals surface area (Å²) in [6.07, 6.45) is 6.02. The van der Waals surface area contributed by atoms with E-state index in [-0.39, 0.29) is 5.91 Å². The minimum absolute atomic E-state index is 0.116. The highest BCUT2D eigenvalue weighted by Gasteiger charge is 2.25. The van der Waals surface area contributed by atoms with Crippen molar-refractivity contribution in [2.75, 3.05) is 39.3 Å². The van der Waals surface area contributed by atoms with E-state index in [1.54, 1.807) is 20.0 Å². The van der Waals surface area contributed by atoms with Gasteiger partial charge in [0.05, 0.1) is 18.5 Å². The Morgan fingerprint density at radius 2 is 1.75 bits per heavy atom. The molecule has 3 heterocycles. The summed E-state index contributed by atoms with van der Waals surface area (Å²) in [5.74, 6) is 1.38. The lowest BCUT2D eigenvalue weighted by Crippen LogP contribution is -2.41. The number of halogens is 1. The Kier molecular flexibility index (Phi) is 7.09. The standard InChI is InChI=1S/C26H34FN3O2/c1-26(2,27)19-29-15-11-20(12-16-29)18-32-23-9-10-24(28-17-23)21-5-7-22(8-6-21)25(31)30-13-3-4-14-30/h5-10,17,20H,3-4,11-16,18-19H2,1-2H3. The monoisotopic (exact) mass is 439 g/mol. The minimum Gasteiger partial charge on any atom is -0.492 e. The first-order chi connectivity index (χ1) is 15.4. The predicted octanol–water partition coefficient (Wildman–Crippen LogP) is 4.82. The molecule has 0 spiro atoms. The van der Waals surface area contributed by atoms with E-state index in [2.05, 4.69) is 9.88 Å². The highest BCUT2D eigenvalue weighted by Crippen LogP contribution is 2.24. The number of amides is 1. The Hall–Kier alpha value is -2.47. The van der Waals surface area contributed by atoms with Crippen LogP contribution >= 0.6 is 0 Å². The molecule has 172 valence electrons. The van der Waals surface area contributed by atoms with Gasteiger partial charge in [-0.05, 0) is 82.8 Å². The molecule has 4 rings (SSSR count). The molecule has 2 aliphatic rings. The van der Waals surface area contributed by atoms with Gasteiger partial charge in [-0.2, -0.15) is 0 Å². The number of benzene rings is 1. The van der Waals surface area contributed by atoms with Crippen LogP contribution in [-0.4, -0.2) is 65.7 Å². The summed E-state index contributed by atoms with van der Waals surface area (Å²) in [5.41, 5.74) is 1.44. The van der Waals surface area contributed by atoms with Crippen LogP contribution in [0, 0.1) is 5.92 Å². The number of hydrogen-bond donors (Lipinski definition) is 0. The van der Waals surface area contributed by atoms with Gasteiger partial charge in [0.1, 0.15) is 11.4 Å². The Morgan fingerprint density at radius 1 is 1.06 bits per heavy atom. The summed E-state index contributed by atoms with van der Waals surface area (Å²) in [5, 5.41) is 0. The van der Waals surface area contributed by atoms with Crippen LogP contribution in [0.15, 0.2) is 42.6 Å². The second-order valence-electron chi connectivity index (χ2n) is 9.71. The van der Waals surface area contributed by atoms with Crippen LogP contribution in [0.1, 0.15) is 49.9 Å². The highest BCUT2D eigenvalue weighted by atomic mass is 19.1. The van der Waals surface area contributed by atoms with E-state index in [0.29, 0.717) is 19.1 Å². The van der Waals surface area contributed by atoms with Crippen LogP contribution in [0.25, 0.3) is 11.3 Å². The van der Waals surface area contributed by atoms with Gasteiger partial charge in [0.25, 0.3) is 5.91 Å². The van der Waals surface area contributed by atoms with Gasteiger partial charge in [0, 0.05) is 30.8 Å². The van der Waals surface area contributed by atoms with Crippen molar-refractivity contribution in [3.8, 4) is 17.0 Å². The molecule has 6 heteroatoms. The first-order valence-electron chi connectivity index (χ1n) is 11.8. The zero-order chi connectivity index (χ0) is 22.6. The number of pyridine rings is 1. The number of aromatic nitrogens is 1. The van der Waals surface area contributed by atoms with Gasteiger partial charge in [-0.25, -0.2) is 4.39 Å². The van der Waals surface area contributed by atoms with E-state index in [4.69, 9.17) is 4.74 Å². The summed E-state index contributed by atoms with van der Waals surface area (Å²) >= 11 is 0. The summed E-state index contributed by atoms with van der Waals surface area (Å²) < 4.78 is 19.8. The SMILES string of the molecule is CC(C)(F)CN1CCC(COc2ccc(-c3ccc(C(=O)N4CCCC4)cc3)nc2)CC1. The Labute approximate surface area is 190 Å². The molecule has 0 radical (unpaired) electrons. The molecule has 0 unspecified atom stereocenters. The Morgan fingerprint density at radius 3 is 2.34 bits per heavy atom. The third-order valence-corrected chi connectivity index (χ3v) is 6.35. The fourth-order valence-electron chi connectivity index (χ4n) is 4.58. The van der Waals surface area contributed by atoms with Crippen LogP contribution < -0.4 is 4.74 Å². The number of likely N-dealkylation sites (tertiary alicyclic amines) is 2. The van der Waals surface area contributed by atoms with Crippen molar-refractivity contribution < 1.29 is 13.9 Å². The van der Waals surface area contributed by atoms with Crippen molar-refractivity contribution in [2.24, 2.45) is 5.92 Å². The molecule has 1 aromatic heterocycles. The van der Waals surface area contributed by atoms with Gasteiger partial charge in [-0.15, -0.1) is 0 Å². The molecular formula is C26H34FN3O2. The first kappa shape index (κ1) is 22.7. The quantitative estimate of drug-likeness (QED) is 0.620. The van der Waals surface area contributed by atoms with E-state index in [1.165, 1.54) is 0 Å². The minimum atomic E-state index is -1.14. The summed E-state index contributed by atoms with van der Waals surface area (Å²) in [6, 6.07) is 11.6. The molecule has 5 nitrogen and oxygen atoms in total. The smallest absolute Gasteiger partial charge is 0.253 e. The molecule has 2 aromatic rings. The summed E-state index contributed by atoms with van der Waals surface area (Å²) in [7, 11) is 0. The Bertz CT molecular complexity index is 879. The zero-order valence-electron chi connectivity index (χ0n) is 19.2. The predicted molar refractivity (Wildman–Crippen MR) is 125 cm³/mol. The normalized spacial score (nSPS) is 18.2. The van der Waals surface area contributed by atoms with Gasteiger partial charge < -0.3 is 14.5 Å². The van der Waals surface area contributed by atoms with Gasteiger partial charge in [-0.1, -0.05) is 12.1 Å². The van der Waals surface area contributed by atoms with Crippen molar-refractivity contribution in [3.05, 3.63) is 48.2 Å². The van der Waals surface area contributed by atoms with E-state index in [0.717, 1.165) is 74.4 Å². The molecule has 2 saturated heterocycles. The topological polar surface area (TPSA) is 45.7 Å². The maximum Gasteiger partial charge on any atom is 0.253 e. The van der Waals surface area contributed by atoms with Crippen molar-refractivity contribution in [1.29, 1.82) is 0 Å². The van der Waals surface area contributed by atoms with Crippen molar-refractivity contribution >= 4 is 5.91 Å². The van der Waals surface area contributed by atoms with Crippen LogP contribution in [-0.2, 0) is 0 Å². The summed E-state index contributed by atoms with van der Waals surface area (Å²) in [6.45, 7) is 8.02. The molecule has 1 aromatic carbocycles. The number of ether oxygens (including phenoxy) is 1. The summed E-state index contributed by atoms with van der Waals surface area (Å²) in [4.78, 5) is 21.2. The van der Waals surface area contributed by atoms with Gasteiger partial charge in [-0.3, -0.25) is 9.78 Å². The van der Waals surface area contributed by atoms with Gasteiger partial charge in [0.2, 0.25) is 0 Å². The van der Waals surface area contributed by atoms with Crippen molar-refractivity contribution in [1.82, 2.24) is 14.8 Å². The van der Waals surface area contributed by atoms with E-state index < -0.39 is 5.67 Å². The molecular weight excluding hydrogens is 405 g/mol. The second-order valence-corrected chi connectivity index (χ2v) is 9.71. The average molecular weight is 440 g/mol.